The molecule has 1 aromatic heterocycles. The van der Waals surface area contributed by atoms with Gasteiger partial charge in [0, 0.05) is 24.6 Å². The van der Waals surface area contributed by atoms with Gasteiger partial charge in [-0.1, -0.05) is 12.1 Å². The van der Waals surface area contributed by atoms with Crippen molar-refractivity contribution in [1.29, 1.82) is 0 Å². The molecule has 0 saturated carbocycles. The predicted molar refractivity (Wildman–Crippen MR) is 64.4 cm³/mol. The summed E-state index contributed by atoms with van der Waals surface area (Å²) in [4.78, 5) is 8.38. The zero-order valence-electron chi connectivity index (χ0n) is 9.14. The van der Waals surface area contributed by atoms with Gasteiger partial charge in [0.15, 0.2) is 5.82 Å². The third-order valence-corrected chi connectivity index (χ3v) is 2.33. The van der Waals surface area contributed by atoms with Crippen molar-refractivity contribution in [3.63, 3.8) is 0 Å². The number of nitrogens with zero attached hydrogens (tertiary/aromatic N) is 2. The number of hydrogen-bond donors (Lipinski definition) is 2. The zero-order valence-corrected chi connectivity index (χ0v) is 9.14. The summed E-state index contributed by atoms with van der Waals surface area (Å²) in [7, 11) is 0. The molecule has 0 unspecified atom stereocenters. The van der Waals surface area contributed by atoms with E-state index >= 15 is 0 Å². The summed E-state index contributed by atoms with van der Waals surface area (Å²) in [6.45, 7) is 2.48. The third kappa shape index (κ3) is 2.35. The second kappa shape index (κ2) is 4.72. The highest BCUT2D eigenvalue weighted by molar-refractivity contribution is 5.57. The Hall–Kier alpha value is -1.94. The van der Waals surface area contributed by atoms with Gasteiger partial charge >= 0.3 is 0 Å². The fourth-order valence-electron chi connectivity index (χ4n) is 1.39. The van der Waals surface area contributed by atoms with Gasteiger partial charge in [-0.15, -0.1) is 0 Å². The predicted octanol–water partition coefficient (Wildman–Crippen LogP) is 1.99. The zero-order chi connectivity index (χ0) is 11.4. The molecule has 0 aliphatic carbocycles. The van der Waals surface area contributed by atoms with E-state index in [1.807, 2.05) is 31.2 Å². The first kappa shape index (κ1) is 10.6. The summed E-state index contributed by atoms with van der Waals surface area (Å²) in [5.41, 5.74) is 8.51. The lowest BCUT2D eigenvalue weighted by Crippen LogP contribution is -1.99. The van der Waals surface area contributed by atoms with Crippen LogP contribution >= 0.6 is 0 Å². The molecule has 0 aliphatic rings. The quantitative estimate of drug-likeness (QED) is 0.820. The van der Waals surface area contributed by atoms with Crippen molar-refractivity contribution in [3.05, 3.63) is 47.9 Å². The van der Waals surface area contributed by atoms with Crippen molar-refractivity contribution in [2.45, 2.75) is 13.5 Å². The Morgan fingerprint density at radius 2 is 1.81 bits per heavy atom. The van der Waals surface area contributed by atoms with Gasteiger partial charge in [-0.3, -0.25) is 4.98 Å². The minimum absolute atomic E-state index is 0.560. The molecule has 4 heteroatoms. The molecule has 82 valence electrons. The molecule has 0 fully saturated rings. The maximum absolute atomic E-state index is 5.53. The SMILES string of the molecule is Cc1nccnc1Nc1ccc(CN)cc1. The van der Waals surface area contributed by atoms with E-state index in [1.54, 1.807) is 12.4 Å². The van der Waals surface area contributed by atoms with Gasteiger partial charge in [0.1, 0.15) is 0 Å². The number of benzene rings is 1. The molecule has 0 aliphatic heterocycles. The van der Waals surface area contributed by atoms with Gasteiger partial charge in [0.25, 0.3) is 0 Å². The standard InChI is InChI=1S/C12H14N4/c1-9-12(15-7-6-14-9)16-11-4-2-10(8-13)3-5-11/h2-7H,8,13H2,1H3,(H,15,16). The summed E-state index contributed by atoms with van der Waals surface area (Å²) >= 11 is 0. The van der Waals surface area contributed by atoms with Crippen LogP contribution in [0.2, 0.25) is 0 Å². The molecule has 0 amide bonds. The second-order valence-corrected chi connectivity index (χ2v) is 3.52. The summed E-state index contributed by atoms with van der Waals surface area (Å²) in [5, 5.41) is 3.21. The second-order valence-electron chi connectivity index (χ2n) is 3.52. The Kier molecular flexibility index (Phi) is 3.12. The molecule has 16 heavy (non-hydrogen) atoms. The van der Waals surface area contributed by atoms with Crippen molar-refractivity contribution in [1.82, 2.24) is 9.97 Å². The van der Waals surface area contributed by atoms with Crippen LogP contribution in [0.25, 0.3) is 0 Å². The molecule has 0 bridgehead atoms. The van der Waals surface area contributed by atoms with Crippen LogP contribution in [0.15, 0.2) is 36.7 Å². The van der Waals surface area contributed by atoms with Gasteiger partial charge in [0.05, 0.1) is 5.69 Å². The maximum Gasteiger partial charge on any atom is 0.151 e. The number of hydrogen-bond acceptors (Lipinski definition) is 4. The van der Waals surface area contributed by atoms with Gasteiger partial charge in [0.2, 0.25) is 0 Å². The molecular formula is C12H14N4. The summed E-state index contributed by atoms with van der Waals surface area (Å²) in [6, 6.07) is 7.95. The Balaban J connectivity index is 2.18. The van der Waals surface area contributed by atoms with Crippen molar-refractivity contribution in [2.24, 2.45) is 5.73 Å². The van der Waals surface area contributed by atoms with E-state index in [-0.39, 0.29) is 0 Å². The van der Waals surface area contributed by atoms with Crippen molar-refractivity contribution < 1.29 is 0 Å². The Morgan fingerprint density at radius 3 is 2.44 bits per heavy atom. The van der Waals surface area contributed by atoms with E-state index in [0.29, 0.717) is 6.54 Å². The van der Waals surface area contributed by atoms with E-state index in [1.165, 1.54) is 0 Å². The van der Waals surface area contributed by atoms with Gasteiger partial charge in [-0.2, -0.15) is 0 Å². The first-order chi connectivity index (χ1) is 7.79. The fraction of sp³-hybridized carbons (Fsp3) is 0.167. The van der Waals surface area contributed by atoms with Gasteiger partial charge in [-0.25, -0.2) is 4.98 Å². The number of aryl methyl sites for hydroxylation is 1. The van der Waals surface area contributed by atoms with Crippen molar-refractivity contribution in [3.8, 4) is 0 Å². The first-order valence-electron chi connectivity index (χ1n) is 5.13. The highest BCUT2D eigenvalue weighted by Gasteiger charge is 2.00. The Labute approximate surface area is 94.5 Å². The van der Waals surface area contributed by atoms with Crippen LogP contribution in [0.3, 0.4) is 0 Å². The van der Waals surface area contributed by atoms with Gasteiger partial charge in [-0.05, 0) is 24.6 Å². The smallest absolute Gasteiger partial charge is 0.151 e. The maximum atomic E-state index is 5.53. The van der Waals surface area contributed by atoms with Crippen LogP contribution in [-0.4, -0.2) is 9.97 Å². The average molecular weight is 214 g/mol. The highest BCUT2D eigenvalue weighted by atomic mass is 15.0. The monoisotopic (exact) mass is 214 g/mol. The van der Waals surface area contributed by atoms with E-state index in [0.717, 1.165) is 22.8 Å². The molecule has 3 N–H and O–H groups in total. The molecule has 0 saturated heterocycles. The molecule has 0 radical (unpaired) electrons. The Bertz CT molecular complexity index is 465. The molecule has 0 spiro atoms. The summed E-state index contributed by atoms with van der Waals surface area (Å²) in [6.07, 6.45) is 3.35. The molecular weight excluding hydrogens is 200 g/mol. The molecule has 1 aromatic carbocycles. The normalized spacial score (nSPS) is 10.1. The Morgan fingerprint density at radius 1 is 1.12 bits per heavy atom. The van der Waals surface area contributed by atoms with Crippen molar-refractivity contribution in [2.75, 3.05) is 5.32 Å². The third-order valence-electron chi connectivity index (χ3n) is 2.33. The molecule has 4 nitrogen and oxygen atoms in total. The topological polar surface area (TPSA) is 63.8 Å². The first-order valence-corrected chi connectivity index (χ1v) is 5.13. The lowest BCUT2D eigenvalue weighted by Gasteiger charge is -2.07. The van der Waals surface area contributed by atoms with Crippen molar-refractivity contribution >= 4 is 11.5 Å². The minimum atomic E-state index is 0.560. The van der Waals surface area contributed by atoms with Crippen LogP contribution in [0.5, 0.6) is 0 Å². The summed E-state index contributed by atoms with van der Waals surface area (Å²) < 4.78 is 0. The van der Waals surface area contributed by atoms with E-state index in [9.17, 15) is 0 Å². The van der Waals surface area contributed by atoms with Crippen LogP contribution in [0.1, 0.15) is 11.3 Å². The largest absolute Gasteiger partial charge is 0.339 e. The average Bonchev–Trinajstić information content (AvgIpc) is 2.33. The number of aromatic nitrogens is 2. The van der Waals surface area contributed by atoms with E-state index < -0.39 is 0 Å². The van der Waals surface area contributed by atoms with Crippen LogP contribution in [-0.2, 0) is 6.54 Å². The number of nitrogens with two attached hydrogens (primary N) is 1. The minimum Gasteiger partial charge on any atom is -0.339 e. The van der Waals surface area contributed by atoms with Crippen LogP contribution < -0.4 is 11.1 Å². The lowest BCUT2D eigenvalue weighted by molar-refractivity contribution is 1.07. The molecule has 2 aromatic rings. The van der Waals surface area contributed by atoms with E-state index in [4.69, 9.17) is 5.73 Å². The highest BCUT2D eigenvalue weighted by Crippen LogP contribution is 2.16. The van der Waals surface area contributed by atoms with Crippen LogP contribution in [0, 0.1) is 6.92 Å². The fourth-order valence-corrected chi connectivity index (χ4v) is 1.39. The number of rotatable bonds is 3. The molecule has 0 atom stereocenters. The number of nitrogens with one attached hydrogen (secondary N) is 1. The lowest BCUT2D eigenvalue weighted by atomic mass is 10.2. The number of anilines is 2. The molecule has 1 heterocycles. The van der Waals surface area contributed by atoms with E-state index in [2.05, 4.69) is 15.3 Å². The van der Waals surface area contributed by atoms with Crippen LogP contribution in [0.4, 0.5) is 11.5 Å². The molecule has 2 rings (SSSR count). The summed E-state index contributed by atoms with van der Waals surface area (Å²) in [5.74, 6) is 0.781. The van der Waals surface area contributed by atoms with Gasteiger partial charge < -0.3 is 11.1 Å².